The molecule has 4 aromatic carbocycles. The van der Waals surface area contributed by atoms with Crippen LogP contribution in [0.25, 0.3) is 16.5 Å². The van der Waals surface area contributed by atoms with Crippen LogP contribution in [-0.4, -0.2) is 90.2 Å². The molecule has 1 amide bonds. The number of hydrogen-bond donors (Lipinski definition) is 3. The van der Waals surface area contributed by atoms with Crippen LogP contribution in [0.4, 0.5) is 11.4 Å². The minimum atomic E-state index is -4.31. The first-order valence-corrected chi connectivity index (χ1v) is 24.3. The molecule has 2 aliphatic heterocycles. The van der Waals surface area contributed by atoms with Gasteiger partial charge in [-0.3, -0.25) is 24.0 Å². The Kier molecular flexibility index (Phi) is 12.8. The number of nitrogens with one attached hydrogen (secondary N) is 3. The molecule has 1 aromatic heterocycles. The molecule has 16 heteroatoms. The van der Waals surface area contributed by atoms with Gasteiger partial charge < -0.3 is 19.9 Å². The van der Waals surface area contributed by atoms with E-state index in [0.717, 1.165) is 73.6 Å². The number of nitro groups is 1. The highest BCUT2D eigenvalue weighted by Gasteiger charge is 2.37. The first-order chi connectivity index (χ1) is 29.7. The summed E-state index contributed by atoms with van der Waals surface area (Å²) in [5.41, 5.74) is 6.78. The van der Waals surface area contributed by atoms with Gasteiger partial charge in [0.25, 0.3) is 15.9 Å². The maximum atomic E-state index is 13.9. The van der Waals surface area contributed by atoms with Gasteiger partial charge in [0.1, 0.15) is 11.5 Å². The number of piperazine rings is 1. The van der Waals surface area contributed by atoms with Crippen molar-refractivity contribution in [1.82, 2.24) is 14.6 Å². The SMILES string of the molecule is CC1(C)CCC(CN2CCN(c3ccc(C(=O)NS(=O)(=O)c4ccc(NCC5CCS(=O)CC5[N+](=O)[O-])cc4)c(Oc4ccc5[nH]ccc5c4)c3)CC2)=C(c2ccc(Cl)cc2)C1. The number of halogens is 1. The van der Waals surface area contributed by atoms with Gasteiger partial charge in [0.2, 0.25) is 6.04 Å². The summed E-state index contributed by atoms with van der Waals surface area (Å²) in [5.74, 6) is -0.0135. The Hall–Kier alpha value is -5.22. The quantitative estimate of drug-likeness (QED) is 0.0772. The molecular weight excluding hydrogens is 848 g/mol. The van der Waals surface area contributed by atoms with Crippen LogP contribution >= 0.6 is 11.6 Å². The molecule has 2 saturated heterocycles. The number of sulfonamides is 1. The zero-order valence-electron chi connectivity index (χ0n) is 34.8. The zero-order chi connectivity index (χ0) is 43.6. The molecule has 8 rings (SSSR count). The average molecular weight is 900 g/mol. The zero-order valence-corrected chi connectivity index (χ0v) is 37.2. The van der Waals surface area contributed by atoms with E-state index >= 15 is 0 Å². The molecule has 0 radical (unpaired) electrons. The predicted octanol–water partition coefficient (Wildman–Crippen LogP) is 8.34. The molecule has 0 spiro atoms. The van der Waals surface area contributed by atoms with Gasteiger partial charge in [-0.2, -0.15) is 0 Å². The Balaban J connectivity index is 0.966. The maximum Gasteiger partial charge on any atom is 0.268 e. The predicted molar refractivity (Wildman–Crippen MR) is 246 cm³/mol. The van der Waals surface area contributed by atoms with Crippen molar-refractivity contribution < 1.29 is 27.1 Å². The number of aromatic nitrogens is 1. The van der Waals surface area contributed by atoms with Crippen molar-refractivity contribution >= 4 is 66.2 Å². The molecule has 3 N–H and O–H groups in total. The number of carbonyl (C=O) groups excluding carboxylic acids is 1. The highest BCUT2D eigenvalue weighted by Crippen LogP contribution is 2.43. The smallest absolute Gasteiger partial charge is 0.268 e. The second-order valence-corrected chi connectivity index (χ2v) is 21.0. The molecule has 0 bridgehead atoms. The third kappa shape index (κ3) is 10.2. The lowest BCUT2D eigenvalue weighted by molar-refractivity contribution is -0.526. The van der Waals surface area contributed by atoms with Crippen LogP contribution in [0.3, 0.4) is 0 Å². The first-order valence-electron chi connectivity index (χ1n) is 20.9. The number of hydrogen-bond acceptors (Lipinski definition) is 10. The van der Waals surface area contributed by atoms with Crippen LogP contribution in [0.5, 0.6) is 11.5 Å². The van der Waals surface area contributed by atoms with Crippen LogP contribution < -0.4 is 19.7 Å². The van der Waals surface area contributed by atoms with Crippen molar-refractivity contribution in [3.8, 4) is 11.5 Å². The highest BCUT2D eigenvalue weighted by atomic mass is 35.5. The van der Waals surface area contributed by atoms with Crippen molar-refractivity contribution in [1.29, 1.82) is 0 Å². The third-order valence-electron chi connectivity index (χ3n) is 12.3. The van der Waals surface area contributed by atoms with E-state index < -0.39 is 32.8 Å². The number of nitrogens with zero attached hydrogens (tertiary/aromatic N) is 3. The Labute approximate surface area is 369 Å². The normalized spacial score (nSPS) is 20.8. The molecule has 5 aromatic rings. The molecule has 62 heavy (non-hydrogen) atoms. The summed E-state index contributed by atoms with van der Waals surface area (Å²) in [6, 6.07) is 25.8. The van der Waals surface area contributed by atoms with Gasteiger partial charge in [-0.15, -0.1) is 0 Å². The van der Waals surface area contributed by atoms with E-state index in [1.165, 1.54) is 28.8 Å². The number of fused-ring (bicyclic) bond motifs is 1. The molecule has 3 unspecified atom stereocenters. The van der Waals surface area contributed by atoms with E-state index in [2.05, 4.69) is 50.8 Å². The Morgan fingerprint density at radius 1 is 1.00 bits per heavy atom. The number of aromatic amines is 1. The monoisotopic (exact) mass is 898 g/mol. The van der Waals surface area contributed by atoms with E-state index in [-0.39, 0.29) is 44.8 Å². The second kappa shape index (κ2) is 18.2. The van der Waals surface area contributed by atoms with Crippen molar-refractivity contribution in [2.45, 2.75) is 50.5 Å². The van der Waals surface area contributed by atoms with E-state index in [9.17, 15) is 27.5 Å². The van der Waals surface area contributed by atoms with Crippen LogP contribution in [-0.2, 0) is 20.8 Å². The third-order valence-corrected chi connectivity index (χ3v) is 15.3. The fraction of sp³-hybridized carbons (Fsp3) is 0.370. The van der Waals surface area contributed by atoms with E-state index in [4.69, 9.17) is 16.3 Å². The minimum Gasteiger partial charge on any atom is -0.456 e. The lowest BCUT2D eigenvalue weighted by Gasteiger charge is -2.39. The summed E-state index contributed by atoms with van der Waals surface area (Å²) in [6.45, 7) is 9.06. The average Bonchev–Trinajstić information content (AvgIpc) is 3.72. The summed E-state index contributed by atoms with van der Waals surface area (Å²) in [7, 11) is -5.52. The number of rotatable bonds is 13. The number of allylic oxidation sites excluding steroid dienone is 1. The van der Waals surface area contributed by atoms with E-state index in [1.807, 2.05) is 42.6 Å². The Morgan fingerprint density at radius 2 is 1.76 bits per heavy atom. The Morgan fingerprint density at radius 3 is 2.50 bits per heavy atom. The van der Waals surface area contributed by atoms with Gasteiger partial charge in [0.15, 0.2) is 0 Å². The van der Waals surface area contributed by atoms with Crippen LogP contribution in [0.1, 0.15) is 55.5 Å². The fourth-order valence-electron chi connectivity index (χ4n) is 8.69. The molecule has 13 nitrogen and oxygen atoms in total. The molecule has 326 valence electrons. The summed E-state index contributed by atoms with van der Waals surface area (Å²) in [4.78, 5) is 32.9. The molecule has 2 fully saturated rings. The fourth-order valence-corrected chi connectivity index (χ4v) is 11.3. The van der Waals surface area contributed by atoms with Crippen molar-refractivity contribution in [2.24, 2.45) is 11.3 Å². The van der Waals surface area contributed by atoms with Gasteiger partial charge in [-0.05, 0) is 115 Å². The molecule has 3 atom stereocenters. The van der Waals surface area contributed by atoms with Gasteiger partial charge in [-0.1, -0.05) is 43.2 Å². The van der Waals surface area contributed by atoms with E-state index in [1.54, 1.807) is 30.3 Å². The number of benzene rings is 4. The van der Waals surface area contributed by atoms with Crippen molar-refractivity contribution in [3.05, 3.63) is 129 Å². The molecule has 3 aliphatic rings. The van der Waals surface area contributed by atoms with Crippen LogP contribution in [0, 0.1) is 21.4 Å². The topological polar surface area (TPSA) is 167 Å². The largest absolute Gasteiger partial charge is 0.456 e. The molecule has 1 aliphatic carbocycles. The maximum absolute atomic E-state index is 13.9. The second-order valence-electron chi connectivity index (χ2n) is 17.3. The summed E-state index contributed by atoms with van der Waals surface area (Å²) in [5, 5.41) is 16.4. The lowest BCUT2D eigenvalue weighted by Crippen LogP contribution is -2.47. The van der Waals surface area contributed by atoms with Crippen LogP contribution in [0.15, 0.2) is 108 Å². The summed E-state index contributed by atoms with van der Waals surface area (Å²) >= 11 is 6.24. The first kappa shape index (κ1) is 43.4. The van der Waals surface area contributed by atoms with Crippen LogP contribution in [0.2, 0.25) is 5.02 Å². The highest BCUT2D eigenvalue weighted by molar-refractivity contribution is 7.90. The molecule has 0 saturated carbocycles. The number of ether oxygens (including phenoxy) is 1. The number of anilines is 2. The molecule has 3 heterocycles. The van der Waals surface area contributed by atoms with Crippen molar-refractivity contribution in [2.75, 3.05) is 61.0 Å². The minimum absolute atomic E-state index is 0.0239. The Bertz CT molecular complexity index is 2620. The van der Waals surface area contributed by atoms with E-state index in [0.29, 0.717) is 23.6 Å². The molecular formula is C46H51ClN6O7S2. The van der Waals surface area contributed by atoms with Crippen molar-refractivity contribution in [3.63, 3.8) is 0 Å². The van der Waals surface area contributed by atoms with Gasteiger partial charge in [0, 0.05) is 106 Å². The van der Waals surface area contributed by atoms with Gasteiger partial charge >= 0.3 is 0 Å². The number of carbonyl (C=O) groups is 1. The number of H-pyrrole nitrogens is 1. The van der Waals surface area contributed by atoms with Gasteiger partial charge in [0.05, 0.1) is 16.2 Å². The number of amides is 1. The lowest BCUT2D eigenvalue weighted by atomic mass is 9.72. The summed E-state index contributed by atoms with van der Waals surface area (Å²) < 4.78 is 47.7. The standard InChI is InChI=1S/C46H51ClN6O7S2/c1-46(2)18-15-34(41(27-46)31-3-5-35(47)6-4-31)29-51-20-22-52(23-21-51)37-9-13-40(44(26-37)60-38-10-14-42-32(25-38)16-19-48-42)45(54)50-62(58,59)39-11-7-36(8-12-39)49-28-33-17-24-61(57)30-43(33)53(55)56/h3-14,16,19,25-26,33,43,48-49H,15,17-18,20-24,27-30H2,1-2H3,(H,50,54). The summed E-state index contributed by atoms with van der Waals surface area (Å²) in [6.07, 6.45) is 5.52. The van der Waals surface area contributed by atoms with Gasteiger partial charge in [-0.25, -0.2) is 13.1 Å².